The van der Waals surface area contributed by atoms with Gasteiger partial charge in [-0.1, -0.05) is 24.3 Å². The van der Waals surface area contributed by atoms with Crippen molar-refractivity contribution in [2.45, 2.75) is 19.0 Å². The normalized spacial score (nSPS) is 14.8. The Labute approximate surface area is 137 Å². The molecule has 2 aromatic carbocycles. The van der Waals surface area contributed by atoms with Crippen molar-refractivity contribution in [1.29, 1.82) is 0 Å². The molecule has 1 aliphatic rings. The highest BCUT2D eigenvalue weighted by Crippen LogP contribution is 2.29. The number of carboxylic acids is 1. The number of carboxylic acid groups (broad SMARTS) is 1. The zero-order valence-corrected chi connectivity index (χ0v) is 12.8. The van der Waals surface area contributed by atoms with E-state index in [-0.39, 0.29) is 12.3 Å². The van der Waals surface area contributed by atoms with Crippen molar-refractivity contribution in [1.82, 2.24) is 14.9 Å². The van der Waals surface area contributed by atoms with Crippen molar-refractivity contribution < 1.29 is 14.7 Å². The third-order valence-corrected chi connectivity index (χ3v) is 4.43. The summed E-state index contributed by atoms with van der Waals surface area (Å²) in [5.41, 5.74) is 2.15. The van der Waals surface area contributed by atoms with E-state index in [9.17, 15) is 14.7 Å². The highest BCUT2D eigenvalue weighted by Gasteiger charge is 2.36. The number of carbonyl (C=O) groups is 2. The van der Waals surface area contributed by atoms with Crippen LogP contribution in [-0.2, 0) is 17.8 Å². The molecule has 2 heterocycles. The van der Waals surface area contributed by atoms with Crippen LogP contribution in [0.1, 0.15) is 21.6 Å². The van der Waals surface area contributed by atoms with E-state index < -0.39 is 12.0 Å². The molecular formula is C18H15N3O3. The lowest BCUT2D eigenvalue weighted by Crippen LogP contribution is -2.43. The van der Waals surface area contributed by atoms with E-state index in [2.05, 4.69) is 9.97 Å². The lowest BCUT2D eigenvalue weighted by atomic mass is 10.0. The molecule has 2 N–H and O–H groups in total. The third kappa shape index (κ3) is 2.32. The lowest BCUT2D eigenvalue weighted by molar-refractivity contribution is -0.142. The third-order valence-electron chi connectivity index (χ3n) is 4.43. The summed E-state index contributed by atoms with van der Waals surface area (Å²) in [6.45, 7) is 0.310. The molecule has 4 rings (SSSR count). The summed E-state index contributed by atoms with van der Waals surface area (Å²) in [4.78, 5) is 32.7. The predicted molar refractivity (Wildman–Crippen MR) is 87.5 cm³/mol. The van der Waals surface area contributed by atoms with Gasteiger partial charge >= 0.3 is 5.97 Å². The summed E-state index contributed by atoms with van der Waals surface area (Å²) in [6.07, 6.45) is 3.29. The van der Waals surface area contributed by atoms with Gasteiger partial charge in [-0.25, -0.2) is 9.78 Å². The van der Waals surface area contributed by atoms with Gasteiger partial charge in [0.25, 0.3) is 5.91 Å². The van der Waals surface area contributed by atoms with Crippen molar-refractivity contribution >= 4 is 22.6 Å². The molecule has 0 radical (unpaired) electrons. The van der Waals surface area contributed by atoms with E-state index in [0.29, 0.717) is 17.8 Å². The molecule has 6 nitrogen and oxygen atoms in total. The second kappa shape index (κ2) is 5.49. The molecule has 1 aromatic heterocycles. The molecule has 0 bridgehead atoms. The Hall–Kier alpha value is -3.15. The molecule has 1 aliphatic heterocycles. The van der Waals surface area contributed by atoms with Crippen LogP contribution >= 0.6 is 0 Å². The van der Waals surface area contributed by atoms with Gasteiger partial charge < -0.3 is 15.0 Å². The number of hydrogen-bond donors (Lipinski definition) is 2. The minimum atomic E-state index is -1.02. The van der Waals surface area contributed by atoms with Gasteiger partial charge in [-0.15, -0.1) is 0 Å². The average molecular weight is 321 g/mol. The molecule has 3 aromatic rings. The van der Waals surface area contributed by atoms with Gasteiger partial charge in [-0.3, -0.25) is 4.79 Å². The Morgan fingerprint density at radius 3 is 2.71 bits per heavy atom. The van der Waals surface area contributed by atoms with Crippen molar-refractivity contribution in [3.05, 3.63) is 65.7 Å². The summed E-state index contributed by atoms with van der Waals surface area (Å²) >= 11 is 0. The highest BCUT2D eigenvalue weighted by molar-refractivity contribution is 6.04. The number of nitrogens with zero attached hydrogens (tertiary/aromatic N) is 2. The van der Waals surface area contributed by atoms with Crippen LogP contribution in [0.2, 0.25) is 0 Å². The fourth-order valence-corrected chi connectivity index (χ4v) is 3.21. The molecule has 0 saturated carbocycles. The second-order valence-electron chi connectivity index (χ2n) is 5.92. The Morgan fingerprint density at radius 1 is 1.29 bits per heavy atom. The number of aliphatic carboxylic acids is 1. The van der Waals surface area contributed by atoms with Crippen LogP contribution in [0.3, 0.4) is 0 Å². The minimum absolute atomic E-state index is 0.203. The molecule has 1 unspecified atom stereocenters. The van der Waals surface area contributed by atoms with Crippen molar-refractivity contribution in [3.63, 3.8) is 0 Å². The highest BCUT2D eigenvalue weighted by atomic mass is 16.4. The maximum absolute atomic E-state index is 12.8. The minimum Gasteiger partial charge on any atom is -0.480 e. The van der Waals surface area contributed by atoms with Crippen molar-refractivity contribution in [3.8, 4) is 0 Å². The topological polar surface area (TPSA) is 86.3 Å². The van der Waals surface area contributed by atoms with Crippen LogP contribution in [0.5, 0.6) is 0 Å². The molecule has 0 fully saturated rings. The fraction of sp³-hybridized carbons (Fsp3) is 0.167. The van der Waals surface area contributed by atoms with Gasteiger partial charge in [0.1, 0.15) is 6.04 Å². The van der Waals surface area contributed by atoms with Crippen LogP contribution in [0.4, 0.5) is 0 Å². The monoisotopic (exact) mass is 321 g/mol. The molecule has 1 atom stereocenters. The smallest absolute Gasteiger partial charge is 0.326 e. The Morgan fingerprint density at radius 2 is 2.04 bits per heavy atom. The first-order valence-corrected chi connectivity index (χ1v) is 7.66. The number of fused-ring (bicyclic) bond motifs is 2. The van der Waals surface area contributed by atoms with E-state index in [4.69, 9.17) is 0 Å². The van der Waals surface area contributed by atoms with Gasteiger partial charge in [-0.2, -0.15) is 0 Å². The van der Waals surface area contributed by atoms with Crippen molar-refractivity contribution in [2.24, 2.45) is 0 Å². The standard InChI is InChI=1S/C18H15N3O3/c22-17-15-6-12-4-2-1-3-11(12)5-13(15)9-21(17)16(18(23)24)7-14-8-19-10-20-14/h1-6,8,10,16H,7,9H2,(H,19,20)(H,23,24). The Bertz CT molecular complexity index is 934. The number of imidazole rings is 1. The zero-order valence-electron chi connectivity index (χ0n) is 12.8. The largest absolute Gasteiger partial charge is 0.480 e. The molecule has 0 saturated heterocycles. The summed E-state index contributed by atoms with van der Waals surface area (Å²) in [6, 6.07) is 10.7. The Kier molecular flexibility index (Phi) is 3.30. The van der Waals surface area contributed by atoms with E-state index in [1.54, 1.807) is 6.20 Å². The van der Waals surface area contributed by atoms with Crippen LogP contribution in [-0.4, -0.2) is 37.9 Å². The zero-order chi connectivity index (χ0) is 16.7. The van der Waals surface area contributed by atoms with Crippen molar-refractivity contribution in [2.75, 3.05) is 0 Å². The van der Waals surface area contributed by atoms with E-state index in [1.807, 2.05) is 36.4 Å². The first kappa shape index (κ1) is 14.4. The second-order valence-corrected chi connectivity index (χ2v) is 5.92. The van der Waals surface area contributed by atoms with E-state index in [0.717, 1.165) is 16.3 Å². The molecule has 0 spiro atoms. The number of rotatable bonds is 4. The lowest BCUT2D eigenvalue weighted by Gasteiger charge is -2.23. The average Bonchev–Trinajstić information content (AvgIpc) is 3.19. The number of aromatic nitrogens is 2. The predicted octanol–water partition coefficient (Wildman–Crippen LogP) is 2.21. The summed E-state index contributed by atoms with van der Waals surface area (Å²) in [7, 11) is 0. The van der Waals surface area contributed by atoms with Gasteiger partial charge in [-0.05, 0) is 28.5 Å². The number of amides is 1. The number of carbonyl (C=O) groups excluding carboxylic acids is 1. The molecule has 0 aliphatic carbocycles. The van der Waals surface area contributed by atoms with Crippen LogP contribution in [0, 0.1) is 0 Å². The van der Waals surface area contributed by atoms with Gasteiger partial charge in [0.15, 0.2) is 0 Å². The van der Waals surface area contributed by atoms with E-state index in [1.165, 1.54) is 11.2 Å². The number of aromatic amines is 1. The maximum atomic E-state index is 12.8. The molecule has 24 heavy (non-hydrogen) atoms. The fourth-order valence-electron chi connectivity index (χ4n) is 3.21. The van der Waals surface area contributed by atoms with Gasteiger partial charge in [0, 0.05) is 30.4 Å². The van der Waals surface area contributed by atoms with Crippen LogP contribution < -0.4 is 0 Å². The SMILES string of the molecule is O=C(O)C(Cc1cnc[nH]1)N1Cc2cc3ccccc3cc2C1=O. The molecular weight excluding hydrogens is 306 g/mol. The molecule has 120 valence electrons. The number of hydrogen-bond acceptors (Lipinski definition) is 3. The van der Waals surface area contributed by atoms with Crippen LogP contribution in [0.15, 0.2) is 48.9 Å². The van der Waals surface area contributed by atoms with E-state index >= 15 is 0 Å². The van der Waals surface area contributed by atoms with Gasteiger partial charge in [0.05, 0.1) is 6.33 Å². The number of benzene rings is 2. The van der Waals surface area contributed by atoms with Gasteiger partial charge in [0.2, 0.25) is 0 Å². The first-order chi connectivity index (χ1) is 11.6. The quantitative estimate of drug-likeness (QED) is 0.771. The first-order valence-electron chi connectivity index (χ1n) is 7.66. The molecule has 1 amide bonds. The number of H-pyrrole nitrogens is 1. The number of nitrogens with one attached hydrogen (secondary N) is 1. The maximum Gasteiger partial charge on any atom is 0.326 e. The van der Waals surface area contributed by atoms with Crippen LogP contribution in [0.25, 0.3) is 10.8 Å². The summed E-state index contributed by atoms with van der Waals surface area (Å²) in [5, 5.41) is 11.6. The summed E-state index contributed by atoms with van der Waals surface area (Å²) in [5.74, 6) is -1.25. The Balaban J connectivity index is 1.70. The molecule has 6 heteroatoms. The summed E-state index contributed by atoms with van der Waals surface area (Å²) < 4.78 is 0.